The Balaban J connectivity index is 1.85. The van der Waals surface area contributed by atoms with Crippen molar-refractivity contribution in [2.75, 3.05) is 5.32 Å². The summed E-state index contributed by atoms with van der Waals surface area (Å²) in [5.41, 5.74) is 2.56. The van der Waals surface area contributed by atoms with Gasteiger partial charge < -0.3 is 14.8 Å². The zero-order chi connectivity index (χ0) is 22.1. The number of aromatic nitrogens is 1. The zero-order valence-electron chi connectivity index (χ0n) is 16.8. The van der Waals surface area contributed by atoms with Crippen LogP contribution in [-0.4, -0.2) is 16.1 Å². The molecule has 0 aliphatic carbocycles. The zero-order valence-corrected chi connectivity index (χ0v) is 16.8. The van der Waals surface area contributed by atoms with Gasteiger partial charge in [0.1, 0.15) is 17.2 Å². The van der Waals surface area contributed by atoms with Gasteiger partial charge in [0, 0.05) is 29.1 Å². The molecule has 2 N–H and O–H groups in total. The maximum Gasteiger partial charge on any atom is 0.337 e. The molecule has 0 fully saturated rings. The molecule has 1 unspecified atom stereocenters. The largest absolute Gasteiger partial charge is 0.478 e. The van der Waals surface area contributed by atoms with E-state index in [2.05, 4.69) is 10.3 Å². The van der Waals surface area contributed by atoms with E-state index >= 15 is 0 Å². The predicted octanol–water partition coefficient (Wildman–Crippen LogP) is 5.17. The van der Waals surface area contributed by atoms with E-state index in [-0.39, 0.29) is 22.8 Å². The number of halogens is 1. The molecule has 0 saturated carbocycles. The van der Waals surface area contributed by atoms with Crippen molar-refractivity contribution in [2.24, 2.45) is 0 Å². The van der Waals surface area contributed by atoms with Crippen molar-refractivity contribution in [3.8, 4) is 11.3 Å². The van der Waals surface area contributed by atoms with Gasteiger partial charge in [-0.2, -0.15) is 0 Å². The molecule has 0 radical (unpaired) electrons. The van der Waals surface area contributed by atoms with Crippen molar-refractivity contribution in [1.29, 1.82) is 0 Å². The molecule has 156 valence electrons. The fraction of sp³-hybridized carbons (Fsp3) is 0.125. The molecule has 4 rings (SSSR count). The van der Waals surface area contributed by atoms with Crippen molar-refractivity contribution in [1.82, 2.24) is 4.98 Å². The van der Waals surface area contributed by atoms with Gasteiger partial charge in [0.15, 0.2) is 5.43 Å². The summed E-state index contributed by atoms with van der Waals surface area (Å²) in [6.45, 7) is 3.72. The molecule has 4 aromatic rings. The molecule has 0 saturated heterocycles. The second-order valence-corrected chi connectivity index (χ2v) is 7.31. The number of anilines is 1. The first-order valence-corrected chi connectivity index (χ1v) is 9.61. The van der Waals surface area contributed by atoms with Gasteiger partial charge in [-0.3, -0.25) is 9.78 Å². The number of rotatable bonds is 5. The van der Waals surface area contributed by atoms with Crippen LogP contribution in [0.2, 0.25) is 0 Å². The summed E-state index contributed by atoms with van der Waals surface area (Å²) in [5, 5.41) is 13.0. The lowest BCUT2D eigenvalue weighted by molar-refractivity contribution is 0.0698. The van der Waals surface area contributed by atoms with Gasteiger partial charge in [0.25, 0.3) is 0 Å². The Bertz CT molecular complexity index is 1360. The molecule has 0 aliphatic heterocycles. The van der Waals surface area contributed by atoms with E-state index < -0.39 is 11.8 Å². The minimum Gasteiger partial charge on any atom is -0.478 e. The monoisotopic (exact) mass is 418 g/mol. The Morgan fingerprint density at radius 1 is 1.16 bits per heavy atom. The van der Waals surface area contributed by atoms with Crippen LogP contribution in [0.1, 0.15) is 34.5 Å². The average Bonchev–Trinajstić information content (AvgIpc) is 2.74. The van der Waals surface area contributed by atoms with Gasteiger partial charge in [-0.05, 0) is 43.7 Å². The fourth-order valence-corrected chi connectivity index (χ4v) is 3.55. The van der Waals surface area contributed by atoms with Gasteiger partial charge in [-0.25, -0.2) is 9.18 Å². The van der Waals surface area contributed by atoms with Crippen LogP contribution in [0.3, 0.4) is 0 Å². The van der Waals surface area contributed by atoms with E-state index in [0.29, 0.717) is 27.8 Å². The summed E-state index contributed by atoms with van der Waals surface area (Å²) in [7, 11) is 0. The van der Waals surface area contributed by atoms with Crippen LogP contribution in [0.4, 0.5) is 10.1 Å². The molecule has 0 amide bonds. The molecule has 31 heavy (non-hydrogen) atoms. The minimum absolute atomic E-state index is 0.138. The Morgan fingerprint density at radius 3 is 2.68 bits per heavy atom. The average molecular weight is 418 g/mol. The second kappa shape index (κ2) is 8.02. The molecule has 1 atom stereocenters. The molecule has 0 aliphatic rings. The quantitative estimate of drug-likeness (QED) is 0.464. The van der Waals surface area contributed by atoms with Gasteiger partial charge in [0.05, 0.1) is 23.2 Å². The molecule has 2 heterocycles. The number of carboxylic acid groups (broad SMARTS) is 1. The number of carboxylic acids is 1. The summed E-state index contributed by atoms with van der Waals surface area (Å²) in [6, 6.07) is 12.4. The summed E-state index contributed by atoms with van der Waals surface area (Å²) in [5.74, 6) is -1.38. The normalized spacial score (nSPS) is 12.0. The van der Waals surface area contributed by atoms with Crippen LogP contribution < -0.4 is 10.7 Å². The number of para-hydroxylation sites is 1. The first-order valence-electron chi connectivity index (χ1n) is 9.61. The topological polar surface area (TPSA) is 92.4 Å². The third-order valence-electron chi connectivity index (χ3n) is 4.99. The summed E-state index contributed by atoms with van der Waals surface area (Å²) >= 11 is 0. The highest BCUT2D eigenvalue weighted by molar-refractivity contribution is 5.94. The summed E-state index contributed by atoms with van der Waals surface area (Å²) in [4.78, 5) is 28.2. The van der Waals surface area contributed by atoms with Crippen molar-refractivity contribution >= 4 is 22.6 Å². The fourth-order valence-electron chi connectivity index (χ4n) is 3.55. The summed E-state index contributed by atoms with van der Waals surface area (Å²) < 4.78 is 19.7. The van der Waals surface area contributed by atoms with Crippen LogP contribution in [0.25, 0.3) is 22.3 Å². The Hall–Kier alpha value is -4.00. The van der Waals surface area contributed by atoms with Crippen molar-refractivity contribution in [3.05, 3.63) is 93.7 Å². The van der Waals surface area contributed by atoms with Crippen LogP contribution in [-0.2, 0) is 0 Å². The SMILES string of the molecule is Cc1cc(C(C)Nc2ccccc2C(=O)O)c2oc(-c3cncc(F)c3)cc(=O)c2c1. The number of pyridine rings is 1. The van der Waals surface area contributed by atoms with Gasteiger partial charge in [-0.15, -0.1) is 0 Å². The van der Waals surface area contributed by atoms with Gasteiger partial charge in [-0.1, -0.05) is 18.2 Å². The number of aryl methyl sites for hydroxylation is 1. The third-order valence-corrected chi connectivity index (χ3v) is 4.99. The lowest BCUT2D eigenvalue weighted by Gasteiger charge is -2.19. The number of hydrogen-bond acceptors (Lipinski definition) is 5. The second-order valence-electron chi connectivity index (χ2n) is 7.31. The van der Waals surface area contributed by atoms with E-state index in [1.54, 1.807) is 24.3 Å². The number of benzene rings is 2. The Kier molecular flexibility index (Phi) is 5.25. The van der Waals surface area contributed by atoms with Crippen molar-refractivity contribution in [3.63, 3.8) is 0 Å². The van der Waals surface area contributed by atoms with Crippen LogP contribution in [0.5, 0.6) is 0 Å². The standard InChI is InChI=1S/C24H19FN2O4/c1-13-7-18(14(2)27-20-6-4-3-5-17(20)24(29)30)23-19(8-13)21(28)10-22(31-23)15-9-16(25)12-26-11-15/h3-12,14,27H,1-2H3,(H,29,30). The van der Waals surface area contributed by atoms with Crippen molar-refractivity contribution in [2.45, 2.75) is 19.9 Å². The highest BCUT2D eigenvalue weighted by Gasteiger charge is 2.18. The molecule has 6 nitrogen and oxygen atoms in total. The van der Waals surface area contributed by atoms with E-state index in [0.717, 1.165) is 11.8 Å². The van der Waals surface area contributed by atoms with Crippen LogP contribution in [0.15, 0.2) is 70.1 Å². The Labute approximate surface area is 177 Å². The predicted molar refractivity (Wildman–Crippen MR) is 116 cm³/mol. The maximum absolute atomic E-state index is 13.6. The number of carbonyl (C=O) groups is 1. The molecule has 0 spiro atoms. The Morgan fingerprint density at radius 2 is 1.94 bits per heavy atom. The van der Waals surface area contributed by atoms with Gasteiger partial charge in [0.2, 0.25) is 0 Å². The van der Waals surface area contributed by atoms with Crippen LogP contribution in [0, 0.1) is 12.7 Å². The molecule has 0 bridgehead atoms. The van der Waals surface area contributed by atoms with Crippen LogP contribution >= 0.6 is 0 Å². The van der Waals surface area contributed by atoms with E-state index in [9.17, 15) is 19.1 Å². The van der Waals surface area contributed by atoms with Crippen molar-refractivity contribution < 1.29 is 18.7 Å². The molecule has 2 aromatic heterocycles. The third kappa shape index (κ3) is 4.02. The number of nitrogens with one attached hydrogen (secondary N) is 1. The molecule has 2 aromatic carbocycles. The minimum atomic E-state index is -1.04. The highest BCUT2D eigenvalue weighted by Crippen LogP contribution is 2.31. The first-order chi connectivity index (χ1) is 14.8. The number of hydrogen-bond donors (Lipinski definition) is 2. The van der Waals surface area contributed by atoms with E-state index in [1.165, 1.54) is 24.4 Å². The smallest absolute Gasteiger partial charge is 0.337 e. The first kappa shape index (κ1) is 20.3. The molecular formula is C24H19FN2O4. The highest BCUT2D eigenvalue weighted by atomic mass is 19.1. The molecule has 7 heteroatoms. The molecular weight excluding hydrogens is 399 g/mol. The van der Waals surface area contributed by atoms with E-state index in [4.69, 9.17) is 4.42 Å². The summed E-state index contributed by atoms with van der Waals surface area (Å²) in [6.07, 6.45) is 2.50. The lowest BCUT2D eigenvalue weighted by Crippen LogP contribution is -2.12. The number of fused-ring (bicyclic) bond motifs is 1. The number of aromatic carboxylic acids is 1. The lowest BCUT2D eigenvalue weighted by atomic mass is 10.00. The van der Waals surface area contributed by atoms with Gasteiger partial charge >= 0.3 is 5.97 Å². The number of nitrogens with zero attached hydrogens (tertiary/aromatic N) is 1. The van der Waals surface area contributed by atoms with E-state index in [1.807, 2.05) is 19.9 Å². The maximum atomic E-state index is 13.6.